The first-order chi connectivity index (χ1) is 15.2. The number of amides is 1. The Balaban J connectivity index is 1.94. The average Bonchev–Trinajstić information content (AvgIpc) is 3.35. The summed E-state index contributed by atoms with van der Waals surface area (Å²) in [7, 11) is 1.30. The van der Waals surface area contributed by atoms with Gasteiger partial charge in [-0.1, -0.05) is 36.4 Å². The van der Waals surface area contributed by atoms with Crippen LogP contribution in [-0.4, -0.2) is 24.8 Å². The van der Waals surface area contributed by atoms with Crippen molar-refractivity contribution in [2.45, 2.75) is 26.4 Å². The number of ether oxygens (including phenoxy) is 2. The van der Waals surface area contributed by atoms with Gasteiger partial charge in [-0.25, -0.2) is 9.59 Å². The van der Waals surface area contributed by atoms with E-state index in [1.54, 1.807) is 43.4 Å². The summed E-state index contributed by atoms with van der Waals surface area (Å²) in [6.45, 7) is 5.31. The van der Waals surface area contributed by atoms with Crippen LogP contribution in [0.1, 0.15) is 30.5 Å². The molecule has 32 heavy (non-hydrogen) atoms. The number of nitrogens with one attached hydrogen (secondary N) is 1. The van der Waals surface area contributed by atoms with Gasteiger partial charge in [0.25, 0.3) is 0 Å². The highest BCUT2D eigenvalue weighted by Crippen LogP contribution is 2.40. The number of benzene rings is 2. The van der Waals surface area contributed by atoms with Crippen LogP contribution in [0.25, 0.3) is 25.7 Å². The predicted octanol–water partition coefficient (Wildman–Crippen LogP) is 6.57. The molecule has 1 N–H and O–H groups in total. The zero-order valence-corrected chi connectivity index (χ0v) is 19.9. The lowest BCUT2D eigenvalue weighted by Crippen LogP contribution is -2.35. The highest BCUT2D eigenvalue weighted by molar-refractivity contribution is 7.22. The molecule has 5 nitrogen and oxygen atoms in total. The molecule has 0 fully saturated rings. The number of carbonyl (C=O) groups is 2. The number of fused-ring (bicyclic) bond motifs is 2. The van der Waals surface area contributed by atoms with E-state index < -0.39 is 17.7 Å². The molecule has 0 saturated carbocycles. The van der Waals surface area contributed by atoms with Crippen LogP contribution in [-0.2, 0) is 14.3 Å². The first-order valence-electron chi connectivity index (χ1n) is 10.1. The van der Waals surface area contributed by atoms with Gasteiger partial charge in [-0.15, -0.1) is 22.7 Å². The number of thiophene rings is 2. The third kappa shape index (κ3) is 4.69. The summed E-state index contributed by atoms with van der Waals surface area (Å²) in [4.78, 5) is 27.2. The smallest absolute Gasteiger partial charge is 0.412 e. The highest BCUT2D eigenvalue weighted by atomic mass is 32.1. The van der Waals surface area contributed by atoms with E-state index in [0.717, 1.165) is 29.9 Å². The number of hydrogen-bond donors (Lipinski definition) is 1. The molecule has 0 saturated heterocycles. The van der Waals surface area contributed by atoms with Gasteiger partial charge in [0.15, 0.2) is 0 Å². The van der Waals surface area contributed by atoms with Crippen molar-refractivity contribution in [2.24, 2.45) is 0 Å². The molecular formula is C25H23NO4S2. The van der Waals surface area contributed by atoms with Crippen molar-refractivity contribution in [1.82, 2.24) is 5.32 Å². The summed E-state index contributed by atoms with van der Waals surface area (Å²) in [5, 5.41) is 4.79. The first kappa shape index (κ1) is 22.0. The monoisotopic (exact) mass is 465 g/mol. The lowest BCUT2D eigenvalue weighted by molar-refractivity contribution is -0.136. The maximum absolute atomic E-state index is 12.9. The summed E-state index contributed by atoms with van der Waals surface area (Å²) in [6.07, 6.45) is -0.711. The van der Waals surface area contributed by atoms with Crippen LogP contribution in [0.5, 0.6) is 0 Å². The molecular weight excluding hydrogens is 442 g/mol. The van der Waals surface area contributed by atoms with Gasteiger partial charge in [-0.05, 0) is 55.8 Å². The maximum Gasteiger partial charge on any atom is 0.412 e. The molecule has 4 rings (SSSR count). The molecule has 2 aromatic carbocycles. The van der Waals surface area contributed by atoms with Gasteiger partial charge in [0.1, 0.15) is 11.3 Å². The lowest BCUT2D eigenvalue weighted by Gasteiger charge is -2.21. The van der Waals surface area contributed by atoms with Crippen molar-refractivity contribution < 1.29 is 19.1 Å². The Morgan fingerprint density at radius 1 is 0.844 bits per heavy atom. The standard InChI is InChI=1S/C25H23NO4S2/c1-25(2,3)30-24(28)26-22(23(27)29-4)21(19-13-15-9-5-7-11-17(15)31-19)20-14-16-10-6-8-12-18(16)32-20/h5-14H,1-4H3,(H,26,28). The van der Waals surface area contributed by atoms with E-state index in [2.05, 4.69) is 5.32 Å². The number of carbonyl (C=O) groups excluding carboxylic acids is 2. The predicted molar refractivity (Wildman–Crippen MR) is 131 cm³/mol. The Kier molecular flexibility index (Phi) is 6.04. The van der Waals surface area contributed by atoms with Gasteiger partial charge in [0.05, 0.1) is 7.11 Å². The molecule has 0 radical (unpaired) electrons. The minimum absolute atomic E-state index is 0.0554. The van der Waals surface area contributed by atoms with E-state index >= 15 is 0 Å². The molecule has 2 aromatic heterocycles. The lowest BCUT2D eigenvalue weighted by atomic mass is 10.1. The molecule has 0 aliphatic rings. The zero-order chi connectivity index (χ0) is 22.9. The van der Waals surface area contributed by atoms with E-state index in [-0.39, 0.29) is 5.70 Å². The van der Waals surface area contributed by atoms with Crippen molar-refractivity contribution in [3.05, 3.63) is 76.1 Å². The van der Waals surface area contributed by atoms with Crippen molar-refractivity contribution in [3.63, 3.8) is 0 Å². The van der Waals surface area contributed by atoms with Crippen LogP contribution < -0.4 is 5.32 Å². The number of esters is 1. The van der Waals surface area contributed by atoms with Crippen molar-refractivity contribution in [1.29, 1.82) is 0 Å². The Hall–Kier alpha value is -3.16. The number of hydrogen-bond acceptors (Lipinski definition) is 6. The van der Waals surface area contributed by atoms with Gasteiger partial charge < -0.3 is 9.47 Å². The minimum Gasteiger partial charge on any atom is -0.464 e. The van der Waals surface area contributed by atoms with Gasteiger partial charge in [-0.3, -0.25) is 5.32 Å². The van der Waals surface area contributed by atoms with E-state index in [1.165, 1.54) is 7.11 Å². The number of alkyl carbamates (subject to hydrolysis) is 1. The fourth-order valence-corrected chi connectivity index (χ4v) is 5.62. The molecule has 0 aliphatic carbocycles. The van der Waals surface area contributed by atoms with Crippen molar-refractivity contribution in [3.8, 4) is 0 Å². The zero-order valence-electron chi connectivity index (χ0n) is 18.2. The average molecular weight is 466 g/mol. The topological polar surface area (TPSA) is 64.6 Å². The summed E-state index contributed by atoms with van der Waals surface area (Å²) in [5.41, 5.74) is -0.0364. The quantitative estimate of drug-likeness (QED) is 0.273. The molecule has 4 aromatic rings. The largest absolute Gasteiger partial charge is 0.464 e. The molecule has 0 aliphatic heterocycles. The van der Waals surface area contributed by atoms with Gasteiger partial charge in [0, 0.05) is 24.7 Å². The van der Waals surface area contributed by atoms with Crippen LogP contribution in [0.2, 0.25) is 0 Å². The second-order valence-electron chi connectivity index (χ2n) is 8.17. The molecule has 1 amide bonds. The minimum atomic E-state index is -0.711. The molecule has 2 heterocycles. The second-order valence-corrected chi connectivity index (χ2v) is 10.3. The normalized spacial score (nSPS) is 11.4. The summed E-state index contributed by atoms with van der Waals surface area (Å²) in [5.74, 6) is -0.638. The van der Waals surface area contributed by atoms with Crippen molar-refractivity contribution in [2.75, 3.05) is 7.11 Å². The fourth-order valence-electron chi connectivity index (χ4n) is 3.30. The summed E-state index contributed by atoms with van der Waals surface area (Å²) >= 11 is 3.11. The first-order valence-corrected chi connectivity index (χ1v) is 11.7. The van der Waals surface area contributed by atoms with E-state index in [9.17, 15) is 9.59 Å². The molecule has 0 unspecified atom stereocenters. The maximum atomic E-state index is 12.9. The van der Waals surface area contributed by atoms with Crippen LogP contribution in [0.3, 0.4) is 0 Å². The Bertz CT molecular complexity index is 1200. The highest BCUT2D eigenvalue weighted by Gasteiger charge is 2.26. The SMILES string of the molecule is COC(=O)C(NC(=O)OC(C)(C)C)=C(c1cc2ccccc2s1)c1cc2ccccc2s1. The van der Waals surface area contributed by atoms with Crippen LogP contribution >= 0.6 is 22.7 Å². The molecule has 164 valence electrons. The fraction of sp³-hybridized carbons (Fsp3) is 0.200. The third-order valence-electron chi connectivity index (χ3n) is 4.61. The summed E-state index contributed by atoms with van der Waals surface area (Å²) < 4.78 is 12.6. The number of methoxy groups -OCH3 is 1. The van der Waals surface area contributed by atoms with Crippen LogP contribution in [0.15, 0.2) is 66.4 Å². The molecule has 0 bridgehead atoms. The van der Waals surface area contributed by atoms with E-state index in [1.807, 2.05) is 60.7 Å². The van der Waals surface area contributed by atoms with E-state index in [4.69, 9.17) is 9.47 Å². The van der Waals surface area contributed by atoms with Crippen molar-refractivity contribution >= 4 is 60.5 Å². The van der Waals surface area contributed by atoms with Gasteiger partial charge in [-0.2, -0.15) is 0 Å². The van der Waals surface area contributed by atoms with Crippen LogP contribution in [0.4, 0.5) is 4.79 Å². The van der Waals surface area contributed by atoms with Gasteiger partial charge >= 0.3 is 12.1 Å². The Morgan fingerprint density at radius 2 is 1.34 bits per heavy atom. The molecule has 0 atom stereocenters. The second kappa shape index (κ2) is 8.76. The van der Waals surface area contributed by atoms with E-state index in [0.29, 0.717) is 5.57 Å². The number of rotatable bonds is 4. The van der Waals surface area contributed by atoms with Crippen LogP contribution in [0, 0.1) is 0 Å². The van der Waals surface area contributed by atoms with Gasteiger partial charge in [0.2, 0.25) is 0 Å². The molecule has 0 spiro atoms. The third-order valence-corrected chi connectivity index (χ3v) is 6.88. The Labute approximate surface area is 194 Å². The Morgan fingerprint density at radius 3 is 1.78 bits per heavy atom. The summed E-state index contributed by atoms with van der Waals surface area (Å²) in [6, 6.07) is 20.1. The molecule has 7 heteroatoms.